The van der Waals surface area contributed by atoms with Gasteiger partial charge < -0.3 is 9.30 Å². The maximum Gasteiger partial charge on any atom is 0.316 e. The van der Waals surface area contributed by atoms with E-state index in [0.717, 1.165) is 11.4 Å². The Morgan fingerprint density at radius 2 is 2.14 bits per heavy atom. The largest absolute Gasteiger partial charge is 0.460 e. The number of thioether (sulfide) groups is 1. The van der Waals surface area contributed by atoms with E-state index in [1.807, 2.05) is 41.8 Å². The van der Waals surface area contributed by atoms with Crippen LogP contribution in [0.4, 0.5) is 0 Å². The molecule has 0 spiro atoms. The number of ether oxygens (including phenoxy) is 1. The lowest BCUT2D eigenvalue weighted by Crippen LogP contribution is -2.08. The molecular formula is C15H17N3O2S. The van der Waals surface area contributed by atoms with Gasteiger partial charge >= 0.3 is 5.97 Å². The van der Waals surface area contributed by atoms with Crippen LogP contribution in [0, 0.1) is 6.92 Å². The van der Waals surface area contributed by atoms with Crippen molar-refractivity contribution < 1.29 is 9.53 Å². The first-order valence-electron chi connectivity index (χ1n) is 6.53. The van der Waals surface area contributed by atoms with E-state index < -0.39 is 0 Å². The van der Waals surface area contributed by atoms with Crippen LogP contribution >= 0.6 is 11.8 Å². The number of benzene rings is 1. The predicted molar refractivity (Wildman–Crippen MR) is 81.9 cm³/mol. The van der Waals surface area contributed by atoms with E-state index in [-0.39, 0.29) is 11.7 Å². The summed E-state index contributed by atoms with van der Waals surface area (Å²) in [6.45, 7) is 6.48. The third-order valence-electron chi connectivity index (χ3n) is 2.78. The van der Waals surface area contributed by atoms with Crippen LogP contribution in [0.15, 0.2) is 48.1 Å². The summed E-state index contributed by atoms with van der Waals surface area (Å²) in [6, 6.07) is 9.60. The lowest BCUT2D eigenvalue weighted by atomic mass is 10.2. The van der Waals surface area contributed by atoms with E-state index >= 15 is 0 Å². The zero-order chi connectivity index (χ0) is 15.1. The second kappa shape index (κ2) is 7.64. The van der Waals surface area contributed by atoms with Gasteiger partial charge in [0, 0.05) is 6.54 Å². The van der Waals surface area contributed by atoms with Crippen molar-refractivity contribution >= 4 is 17.7 Å². The Kier molecular flexibility index (Phi) is 5.57. The number of nitrogens with zero attached hydrogens (tertiary/aromatic N) is 3. The maximum atomic E-state index is 11.7. The van der Waals surface area contributed by atoms with Gasteiger partial charge in [0.2, 0.25) is 0 Å². The number of allylic oxidation sites excluding steroid dienone is 1. The zero-order valence-electron chi connectivity index (χ0n) is 11.9. The Labute approximate surface area is 128 Å². The second-order valence-electron chi connectivity index (χ2n) is 4.36. The summed E-state index contributed by atoms with van der Waals surface area (Å²) < 4.78 is 7.12. The van der Waals surface area contributed by atoms with Gasteiger partial charge in [-0.15, -0.1) is 16.8 Å². The van der Waals surface area contributed by atoms with Crippen LogP contribution < -0.4 is 0 Å². The van der Waals surface area contributed by atoms with Gasteiger partial charge in [0.25, 0.3) is 0 Å². The van der Waals surface area contributed by atoms with E-state index in [9.17, 15) is 4.79 Å². The van der Waals surface area contributed by atoms with Crippen molar-refractivity contribution in [2.75, 3.05) is 5.75 Å². The molecule has 0 N–H and O–H groups in total. The molecule has 0 atom stereocenters. The molecule has 110 valence electrons. The molecule has 0 aliphatic heterocycles. The normalized spacial score (nSPS) is 10.3. The van der Waals surface area contributed by atoms with Gasteiger partial charge in [-0.1, -0.05) is 48.2 Å². The molecule has 5 nitrogen and oxygen atoms in total. The smallest absolute Gasteiger partial charge is 0.316 e. The van der Waals surface area contributed by atoms with Gasteiger partial charge in [-0.25, -0.2) is 0 Å². The van der Waals surface area contributed by atoms with Crippen molar-refractivity contribution in [3.05, 3.63) is 54.4 Å². The molecule has 0 bridgehead atoms. The molecule has 0 aliphatic carbocycles. The van der Waals surface area contributed by atoms with Gasteiger partial charge in [0.15, 0.2) is 5.16 Å². The number of aromatic nitrogens is 3. The third-order valence-corrected chi connectivity index (χ3v) is 3.72. The van der Waals surface area contributed by atoms with Crippen molar-refractivity contribution in [3.63, 3.8) is 0 Å². The number of esters is 1. The molecule has 1 heterocycles. The van der Waals surface area contributed by atoms with Crippen molar-refractivity contribution in [1.29, 1.82) is 0 Å². The summed E-state index contributed by atoms with van der Waals surface area (Å²) in [4.78, 5) is 11.7. The molecule has 0 saturated heterocycles. The van der Waals surface area contributed by atoms with E-state index in [0.29, 0.717) is 18.3 Å². The number of rotatable bonds is 7. The van der Waals surface area contributed by atoms with E-state index in [4.69, 9.17) is 4.74 Å². The first-order chi connectivity index (χ1) is 10.2. The highest BCUT2D eigenvalue weighted by Crippen LogP contribution is 2.17. The minimum absolute atomic E-state index is 0.210. The molecule has 0 amide bonds. The summed E-state index contributed by atoms with van der Waals surface area (Å²) in [6.07, 6.45) is 1.77. The molecule has 0 fully saturated rings. The van der Waals surface area contributed by atoms with E-state index in [1.54, 1.807) is 6.08 Å². The Bertz CT molecular complexity index is 611. The molecule has 6 heteroatoms. The average molecular weight is 303 g/mol. The van der Waals surface area contributed by atoms with Crippen LogP contribution in [0.25, 0.3) is 0 Å². The fourth-order valence-corrected chi connectivity index (χ4v) is 2.50. The number of carbonyl (C=O) groups excluding carboxylic acids is 1. The molecular weight excluding hydrogens is 286 g/mol. The quantitative estimate of drug-likeness (QED) is 0.447. The van der Waals surface area contributed by atoms with Crippen LogP contribution in [0.3, 0.4) is 0 Å². The Balaban J connectivity index is 1.83. The fraction of sp³-hybridized carbons (Fsp3) is 0.267. The highest BCUT2D eigenvalue weighted by Gasteiger charge is 2.11. The Morgan fingerprint density at radius 1 is 1.38 bits per heavy atom. The van der Waals surface area contributed by atoms with Crippen molar-refractivity contribution in [2.24, 2.45) is 0 Å². The molecule has 1 aromatic heterocycles. The molecule has 1 aromatic carbocycles. The standard InChI is InChI=1S/C15H17N3O2S/c1-3-9-18-12(2)16-17-15(18)21-11-14(19)20-10-13-7-5-4-6-8-13/h3-8H,1,9-11H2,2H3. The molecule has 0 saturated carbocycles. The van der Waals surface area contributed by atoms with Crippen LogP contribution in [-0.2, 0) is 22.7 Å². The fourth-order valence-electron chi connectivity index (χ4n) is 1.71. The van der Waals surface area contributed by atoms with Gasteiger partial charge in [-0.2, -0.15) is 0 Å². The van der Waals surface area contributed by atoms with E-state index in [2.05, 4.69) is 16.8 Å². The summed E-state index contributed by atoms with van der Waals surface area (Å²) >= 11 is 1.32. The first-order valence-corrected chi connectivity index (χ1v) is 7.52. The zero-order valence-corrected chi connectivity index (χ0v) is 12.7. The van der Waals surface area contributed by atoms with E-state index in [1.165, 1.54) is 11.8 Å². The second-order valence-corrected chi connectivity index (χ2v) is 5.31. The lowest BCUT2D eigenvalue weighted by Gasteiger charge is -2.06. The maximum absolute atomic E-state index is 11.7. The molecule has 2 aromatic rings. The van der Waals surface area contributed by atoms with Gasteiger partial charge in [0.05, 0.1) is 5.75 Å². The van der Waals surface area contributed by atoms with Crippen molar-refractivity contribution in [3.8, 4) is 0 Å². The molecule has 21 heavy (non-hydrogen) atoms. The number of aryl methyl sites for hydroxylation is 1. The minimum Gasteiger partial charge on any atom is -0.460 e. The van der Waals surface area contributed by atoms with Gasteiger partial charge in [0.1, 0.15) is 12.4 Å². The van der Waals surface area contributed by atoms with Crippen molar-refractivity contribution in [1.82, 2.24) is 14.8 Å². The molecule has 0 radical (unpaired) electrons. The van der Waals surface area contributed by atoms with Crippen LogP contribution in [-0.4, -0.2) is 26.5 Å². The lowest BCUT2D eigenvalue weighted by molar-refractivity contribution is -0.141. The minimum atomic E-state index is -0.269. The third kappa shape index (κ3) is 4.46. The summed E-state index contributed by atoms with van der Waals surface area (Å²) in [5.74, 6) is 0.743. The van der Waals surface area contributed by atoms with Crippen molar-refractivity contribution in [2.45, 2.75) is 25.2 Å². The van der Waals surface area contributed by atoms with Crippen LogP contribution in [0.1, 0.15) is 11.4 Å². The number of carbonyl (C=O) groups is 1. The highest BCUT2D eigenvalue weighted by atomic mass is 32.2. The van der Waals surface area contributed by atoms with Gasteiger partial charge in [-0.05, 0) is 12.5 Å². The van der Waals surface area contributed by atoms with Gasteiger partial charge in [-0.3, -0.25) is 4.79 Å². The average Bonchev–Trinajstić information content (AvgIpc) is 2.85. The monoisotopic (exact) mass is 303 g/mol. The summed E-state index contributed by atoms with van der Waals surface area (Å²) in [5, 5.41) is 8.74. The number of hydrogen-bond acceptors (Lipinski definition) is 5. The summed E-state index contributed by atoms with van der Waals surface area (Å²) in [5.41, 5.74) is 0.974. The number of hydrogen-bond donors (Lipinski definition) is 0. The topological polar surface area (TPSA) is 57.0 Å². The Morgan fingerprint density at radius 3 is 2.86 bits per heavy atom. The molecule has 2 rings (SSSR count). The van der Waals surface area contributed by atoms with Crippen LogP contribution in [0.5, 0.6) is 0 Å². The first kappa shape index (κ1) is 15.3. The Hall–Kier alpha value is -2.08. The predicted octanol–water partition coefficient (Wildman–Crippen LogP) is 2.61. The molecule has 0 unspecified atom stereocenters. The van der Waals surface area contributed by atoms with Crippen LogP contribution in [0.2, 0.25) is 0 Å². The highest BCUT2D eigenvalue weighted by molar-refractivity contribution is 7.99. The molecule has 0 aliphatic rings. The summed E-state index contributed by atoms with van der Waals surface area (Å²) in [7, 11) is 0. The SMILES string of the molecule is C=CCn1c(C)nnc1SCC(=O)OCc1ccccc1.